The Morgan fingerprint density at radius 1 is 0.571 bits per heavy atom. The minimum absolute atomic E-state index is 0.143. The minimum Gasteiger partial charge on any atom is -0.306 e. The van der Waals surface area contributed by atoms with Gasteiger partial charge in [-0.15, -0.1) is 0 Å². The molecule has 8 aromatic rings. The molecule has 198 valence electrons. The molecule has 1 aliphatic carbocycles. The van der Waals surface area contributed by atoms with Crippen LogP contribution in [0.15, 0.2) is 128 Å². The summed E-state index contributed by atoms with van der Waals surface area (Å²) in [6.45, 7) is 4.69. The molecule has 0 saturated carbocycles. The van der Waals surface area contributed by atoms with Crippen LogP contribution in [0, 0.1) is 0 Å². The highest BCUT2D eigenvalue weighted by molar-refractivity contribution is 6.14. The molecule has 2 aromatic heterocycles. The van der Waals surface area contributed by atoms with Crippen molar-refractivity contribution in [1.82, 2.24) is 14.5 Å². The first kappa shape index (κ1) is 23.4. The van der Waals surface area contributed by atoms with Crippen molar-refractivity contribution in [1.29, 1.82) is 0 Å². The van der Waals surface area contributed by atoms with Gasteiger partial charge >= 0.3 is 0 Å². The Labute approximate surface area is 243 Å². The van der Waals surface area contributed by atoms with Gasteiger partial charge < -0.3 is 4.57 Å². The van der Waals surface area contributed by atoms with Gasteiger partial charge in [-0.3, -0.25) is 0 Å². The maximum atomic E-state index is 4.91. The number of aromatic nitrogens is 3. The summed E-state index contributed by atoms with van der Waals surface area (Å²) < 4.78 is 2.37. The van der Waals surface area contributed by atoms with E-state index in [1.165, 1.54) is 60.3 Å². The van der Waals surface area contributed by atoms with Crippen LogP contribution in [0.25, 0.3) is 71.4 Å². The number of fused-ring (bicyclic) bond motifs is 9. The summed E-state index contributed by atoms with van der Waals surface area (Å²) in [6.07, 6.45) is 3.65. The van der Waals surface area contributed by atoms with Gasteiger partial charge in [0.1, 0.15) is 11.8 Å². The molecule has 0 amide bonds. The second-order valence-corrected chi connectivity index (χ2v) is 11.8. The van der Waals surface area contributed by atoms with Crippen molar-refractivity contribution in [3.63, 3.8) is 0 Å². The van der Waals surface area contributed by atoms with Crippen LogP contribution in [0.2, 0.25) is 0 Å². The van der Waals surface area contributed by atoms with Crippen LogP contribution in [0.5, 0.6) is 0 Å². The topological polar surface area (TPSA) is 30.7 Å². The normalized spacial score (nSPS) is 13.7. The van der Waals surface area contributed by atoms with Gasteiger partial charge in [0.15, 0.2) is 0 Å². The van der Waals surface area contributed by atoms with Crippen LogP contribution < -0.4 is 0 Å². The summed E-state index contributed by atoms with van der Waals surface area (Å²) in [5, 5.41) is 6.16. The van der Waals surface area contributed by atoms with Crippen molar-refractivity contribution in [3.8, 4) is 27.9 Å². The highest BCUT2D eigenvalue weighted by atomic mass is 15.0. The van der Waals surface area contributed by atoms with Crippen molar-refractivity contribution >= 4 is 43.5 Å². The first-order valence-corrected chi connectivity index (χ1v) is 14.5. The van der Waals surface area contributed by atoms with Gasteiger partial charge in [-0.05, 0) is 61.7 Å². The largest absolute Gasteiger partial charge is 0.306 e. The van der Waals surface area contributed by atoms with E-state index in [9.17, 15) is 0 Å². The lowest BCUT2D eigenvalue weighted by atomic mass is 9.81. The maximum Gasteiger partial charge on any atom is 0.116 e. The summed E-state index contributed by atoms with van der Waals surface area (Å²) in [6, 6.07) is 42.0. The minimum atomic E-state index is -0.143. The Hall–Kier alpha value is -5.28. The lowest BCUT2D eigenvalue weighted by Gasteiger charge is -2.22. The average Bonchev–Trinajstić information content (AvgIpc) is 3.49. The Kier molecular flexibility index (Phi) is 4.67. The lowest BCUT2D eigenvalue weighted by Crippen LogP contribution is -2.15. The van der Waals surface area contributed by atoms with Crippen molar-refractivity contribution < 1.29 is 0 Å². The summed E-state index contributed by atoms with van der Waals surface area (Å²) in [7, 11) is 0. The molecule has 0 atom stereocenters. The van der Waals surface area contributed by atoms with E-state index >= 15 is 0 Å². The molecule has 0 saturated heterocycles. The molecule has 0 N–H and O–H groups in total. The summed E-state index contributed by atoms with van der Waals surface area (Å²) in [5.41, 5.74) is 12.0. The summed E-state index contributed by atoms with van der Waals surface area (Å²) in [4.78, 5) is 9.42. The number of nitrogens with zero attached hydrogens (tertiary/aromatic N) is 3. The average molecular weight is 538 g/mol. The molecule has 3 heteroatoms. The molecule has 42 heavy (non-hydrogen) atoms. The highest BCUT2D eigenvalue weighted by Crippen LogP contribution is 2.53. The predicted octanol–water partition coefficient (Wildman–Crippen LogP) is 9.85. The smallest absolute Gasteiger partial charge is 0.116 e. The molecule has 0 unspecified atom stereocenters. The first-order chi connectivity index (χ1) is 20.6. The molecule has 0 fully saturated rings. The fourth-order valence-corrected chi connectivity index (χ4v) is 7.53. The van der Waals surface area contributed by atoms with Crippen LogP contribution in [0.3, 0.4) is 0 Å². The zero-order valence-corrected chi connectivity index (χ0v) is 23.5. The summed E-state index contributed by atoms with van der Waals surface area (Å²) >= 11 is 0. The second kappa shape index (κ2) is 8.37. The molecule has 1 aliphatic rings. The molecule has 0 bridgehead atoms. The third-order valence-electron chi connectivity index (χ3n) is 9.33. The molecule has 9 rings (SSSR count). The number of rotatable bonds is 2. The molecular weight excluding hydrogens is 510 g/mol. The van der Waals surface area contributed by atoms with Gasteiger partial charge in [0, 0.05) is 16.2 Å². The Bertz CT molecular complexity index is 2390. The van der Waals surface area contributed by atoms with E-state index in [0.29, 0.717) is 0 Å². The van der Waals surface area contributed by atoms with E-state index in [2.05, 4.69) is 139 Å². The van der Waals surface area contributed by atoms with Crippen LogP contribution >= 0.6 is 0 Å². The quantitative estimate of drug-likeness (QED) is 0.220. The number of hydrogen-bond donors (Lipinski definition) is 0. The van der Waals surface area contributed by atoms with E-state index in [0.717, 1.165) is 22.2 Å². The van der Waals surface area contributed by atoms with E-state index in [1.54, 1.807) is 6.33 Å². The summed E-state index contributed by atoms with van der Waals surface area (Å²) in [5.74, 6) is 0. The van der Waals surface area contributed by atoms with Crippen LogP contribution in [0.1, 0.15) is 25.0 Å². The first-order valence-electron chi connectivity index (χ1n) is 14.5. The van der Waals surface area contributed by atoms with Gasteiger partial charge in [-0.1, -0.05) is 117 Å². The monoisotopic (exact) mass is 537 g/mol. The van der Waals surface area contributed by atoms with E-state index in [4.69, 9.17) is 4.98 Å². The van der Waals surface area contributed by atoms with Gasteiger partial charge in [-0.25, -0.2) is 9.97 Å². The molecule has 0 aliphatic heterocycles. The third-order valence-corrected chi connectivity index (χ3v) is 9.33. The van der Waals surface area contributed by atoms with Crippen molar-refractivity contribution in [2.75, 3.05) is 0 Å². The fraction of sp³-hybridized carbons (Fsp3) is 0.0769. The lowest BCUT2D eigenvalue weighted by molar-refractivity contribution is 0.666. The van der Waals surface area contributed by atoms with Gasteiger partial charge in [-0.2, -0.15) is 0 Å². The highest BCUT2D eigenvalue weighted by Gasteiger charge is 2.38. The van der Waals surface area contributed by atoms with Gasteiger partial charge in [0.2, 0.25) is 0 Å². The van der Waals surface area contributed by atoms with E-state index in [-0.39, 0.29) is 5.41 Å². The van der Waals surface area contributed by atoms with Crippen LogP contribution in [0.4, 0.5) is 0 Å². The number of hydrogen-bond acceptors (Lipinski definition) is 2. The van der Waals surface area contributed by atoms with Crippen molar-refractivity contribution in [2.24, 2.45) is 0 Å². The Morgan fingerprint density at radius 3 is 2.17 bits per heavy atom. The van der Waals surface area contributed by atoms with Crippen LogP contribution in [-0.2, 0) is 5.41 Å². The third kappa shape index (κ3) is 3.00. The maximum absolute atomic E-state index is 4.91. The zero-order chi connectivity index (χ0) is 28.0. The Balaban J connectivity index is 1.38. The SMILES string of the molecule is CC1(C)c2ccccc2-c2ccc3c(c21)c1ncncc1n3-c1ccc(-c2cccc3ccccc23)c2ccccc12. The standard InChI is InChI=1S/C39H27N3/c1-39(2)32-17-8-7-14-29(32)31-19-21-34-36(37(31)39)38-35(22-40-23-41-38)42(34)33-20-18-28(27-13-5-6-15-30(27)33)26-16-9-11-24-10-3-4-12-25(24)26/h3-23H,1-2H3. The van der Waals surface area contributed by atoms with Crippen molar-refractivity contribution in [3.05, 3.63) is 139 Å². The predicted molar refractivity (Wildman–Crippen MR) is 174 cm³/mol. The van der Waals surface area contributed by atoms with Crippen molar-refractivity contribution in [2.45, 2.75) is 19.3 Å². The zero-order valence-electron chi connectivity index (χ0n) is 23.5. The molecule has 3 nitrogen and oxygen atoms in total. The molecule has 0 radical (unpaired) electrons. The number of benzene rings is 6. The van der Waals surface area contributed by atoms with E-state index < -0.39 is 0 Å². The molecule has 2 heterocycles. The van der Waals surface area contributed by atoms with E-state index in [1.807, 2.05) is 6.20 Å². The Morgan fingerprint density at radius 2 is 1.26 bits per heavy atom. The van der Waals surface area contributed by atoms with Gasteiger partial charge in [0.25, 0.3) is 0 Å². The molecular formula is C39H27N3. The molecule has 6 aromatic carbocycles. The van der Waals surface area contributed by atoms with Crippen LogP contribution in [-0.4, -0.2) is 14.5 Å². The second-order valence-electron chi connectivity index (χ2n) is 11.8. The van der Waals surface area contributed by atoms with Gasteiger partial charge in [0.05, 0.1) is 22.9 Å². The fourth-order valence-electron chi connectivity index (χ4n) is 7.53. The molecule has 0 spiro atoms.